The molecular weight excluding hydrogens is 248 g/mol. The number of alkyl halides is 1. The predicted octanol–water partition coefficient (Wildman–Crippen LogP) is 3.67. The van der Waals surface area contributed by atoms with Gasteiger partial charge in [-0.3, -0.25) is 9.36 Å². The van der Waals surface area contributed by atoms with E-state index in [-0.39, 0.29) is 17.0 Å². The first-order valence-electron chi connectivity index (χ1n) is 6.21. The number of benzene rings is 1. The monoisotopic (exact) mass is 264 g/mol. The molecule has 0 spiro atoms. The Morgan fingerprint density at radius 1 is 1.33 bits per heavy atom. The van der Waals surface area contributed by atoms with Crippen LogP contribution in [0.2, 0.25) is 0 Å². The van der Waals surface area contributed by atoms with Crippen molar-refractivity contribution in [2.75, 3.05) is 0 Å². The first-order chi connectivity index (χ1) is 8.56. The molecule has 0 amide bonds. The van der Waals surface area contributed by atoms with Gasteiger partial charge < -0.3 is 0 Å². The number of fused-ring (bicyclic) bond motifs is 1. The SMILES string of the molecule is CCC(Cl)c1nc2ccccc2c(=O)n1C(C)C. The van der Waals surface area contributed by atoms with Crippen molar-refractivity contribution >= 4 is 22.5 Å². The maximum absolute atomic E-state index is 12.5. The minimum absolute atomic E-state index is 0.00954. The van der Waals surface area contributed by atoms with Gasteiger partial charge in [0, 0.05) is 6.04 Å². The summed E-state index contributed by atoms with van der Waals surface area (Å²) in [7, 11) is 0. The summed E-state index contributed by atoms with van der Waals surface area (Å²) in [4.78, 5) is 17.0. The Morgan fingerprint density at radius 2 is 2.00 bits per heavy atom. The maximum atomic E-state index is 12.5. The fraction of sp³-hybridized carbons (Fsp3) is 0.429. The van der Waals surface area contributed by atoms with Crippen molar-refractivity contribution in [1.82, 2.24) is 9.55 Å². The fourth-order valence-corrected chi connectivity index (χ4v) is 2.22. The van der Waals surface area contributed by atoms with E-state index in [1.807, 2.05) is 45.0 Å². The second-order valence-electron chi connectivity index (χ2n) is 4.63. The van der Waals surface area contributed by atoms with E-state index in [1.165, 1.54) is 0 Å². The zero-order valence-corrected chi connectivity index (χ0v) is 11.6. The highest BCUT2D eigenvalue weighted by atomic mass is 35.5. The topological polar surface area (TPSA) is 34.9 Å². The lowest BCUT2D eigenvalue weighted by Crippen LogP contribution is -2.27. The molecule has 0 bridgehead atoms. The highest BCUT2D eigenvalue weighted by molar-refractivity contribution is 6.20. The zero-order valence-electron chi connectivity index (χ0n) is 10.9. The molecule has 1 heterocycles. The summed E-state index contributed by atoms with van der Waals surface area (Å²) in [6, 6.07) is 7.45. The third-order valence-electron chi connectivity index (χ3n) is 2.99. The third-order valence-corrected chi connectivity index (χ3v) is 3.49. The molecule has 2 aromatic rings. The van der Waals surface area contributed by atoms with E-state index in [1.54, 1.807) is 4.57 Å². The molecule has 96 valence electrons. The van der Waals surface area contributed by atoms with Crippen LogP contribution in [-0.2, 0) is 0 Å². The van der Waals surface area contributed by atoms with Crippen molar-refractivity contribution in [3.8, 4) is 0 Å². The summed E-state index contributed by atoms with van der Waals surface area (Å²) in [5.74, 6) is 0.665. The number of hydrogen-bond donors (Lipinski definition) is 0. The average molecular weight is 265 g/mol. The van der Waals surface area contributed by atoms with Crippen LogP contribution >= 0.6 is 11.6 Å². The quantitative estimate of drug-likeness (QED) is 0.793. The van der Waals surface area contributed by atoms with E-state index in [0.717, 1.165) is 6.42 Å². The Morgan fingerprint density at radius 3 is 2.61 bits per heavy atom. The number of para-hydroxylation sites is 1. The third kappa shape index (κ3) is 2.15. The van der Waals surface area contributed by atoms with E-state index >= 15 is 0 Å². The summed E-state index contributed by atoms with van der Waals surface area (Å²) < 4.78 is 1.70. The van der Waals surface area contributed by atoms with E-state index in [9.17, 15) is 4.79 Å². The van der Waals surface area contributed by atoms with Gasteiger partial charge in [0.05, 0.1) is 16.3 Å². The molecule has 2 rings (SSSR count). The Labute approximate surface area is 111 Å². The van der Waals surface area contributed by atoms with Gasteiger partial charge in [-0.05, 0) is 32.4 Å². The molecule has 0 aliphatic carbocycles. The second-order valence-corrected chi connectivity index (χ2v) is 5.16. The molecule has 3 nitrogen and oxygen atoms in total. The lowest BCUT2D eigenvalue weighted by Gasteiger charge is -2.19. The van der Waals surface area contributed by atoms with Crippen LogP contribution in [0.15, 0.2) is 29.1 Å². The van der Waals surface area contributed by atoms with Crippen LogP contribution in [0, 0.1) is 0 Å². The molecule has 1 unspecified atom stereocenters. The molecule has 0 aliphatic heterocycles. The Balaban J connectivity index is 2.83. The Bertz CT molecular complexity index is 619. The standard InChI is InChI=1S/C14H17ClN2O/c1-4-11(15)13-16-12-8-6-5-7-10(12)14(18)17(13)9(2)3/h5-9,11H,4H2,1-3H3. The summed E-state index contributed by atoms with van der Waals surface area (Å²) in [5.41, 5.74) is 0.707. The first kappa shape index (κ1) is 13.1. The Hall–Kier alpha value is -1.35. The van der Waals surface area contributed by atoms with Crippen LogP contribution in [-0.4, -0.2) is 9.55 Å². The molecule has 1 aromatic heterocycles. The summed E-state index contributed by atoms with van der Waals surface area (Å²) >= 11 is 6.29. The van der Waals surface area contributed by atoms with Gasteiger partial charge >= 0.3 is 0 Å². The van der Waals surface area contributed by atoms with Gasteiger partial charge in [-0.1, -0.05) is 19.1 Å². The van der Waals surface area contributed by atoms with Crippen molar-refractivity contribution in [3.05, 3.63) is 40.4 Å². The molecule has 0 N–H and O–H groups in total. The van der Waals surface area contributed by atoms with E-state index in [4.69, 9.17) is 11.6 Å². The van der Waals surface area contributed by atoms with Gasteiger partial charge in [0.25, 0.3) is 5.56 Å². The van der Waals surface area contributed by atoms with Crippen molar-refractivity contribution < 1.29 is 0 Å². The molecular formula is C14H17ClN2O. The minimum Gasteiger partial charge on any atom is -0.292 e. The summed E-state index contributed by atoms with van der Waals surface area (Å²) in [6.45, 7) is 5.94. The molecule has 1 atom stereocenters. The lowest BCUT2D eigenvalue weighted by molar-refractivity contribution is 0.532. The van der Waals surface area contributed by atoms with Gasteiger partial charge in [0.15, 0.2) is 0 Å². The van der Waals surface area contributed by atoms with Crippen LogP contribution in [0.1, 0.15) is 44.4 Å². The number of rotatable bonds is 3. The largest absolute Gasteiger partial charge is 0.292 e. The van der Waals surface area contributed by atoms with Crippen LogP contribution in [0.4, 0.5) is 0 Å². The second kappa shape index (κ2) is 5.11. The van der Waals surface area contributed by atoms with Gasteiger partial charge in [0.1, 0.15) is 5.82 Å². The fourth-order valence-electron chi connectivity index (χ4n) is 2.07. The van der Waals surface area contributed by atoms with Gasteiger partial charge in [0.2, 0.25) is 0 Å². The molecule has 0 fully saturated rings. The summed E-state index contributed by atoms with van der Waals surface area (Å²) in [5, 5.41) is 0.416. The van der Waals surface area contributed by atoms with E-state index < -0.39 is 0 Å². The zero-order chi connectivity index (χ0) is 13.3. The predicted molar refractivity (Wildman–Crippen MR) is 75.3 cm³/mol. The van der Waals surface area contributed by atoms with E-state index in [0.29, 0.717) is 16.7 Å². The van der Waals surface area contributed by atoms with Crippen molar-refractivity contribution in [3.63, 3.8) is 0 Å². The molecule has 0 saturated carbocycles. The average Bonchev–Trinajstić information content (AvgIpc) is 2.37. The normalized spacial score (nSPS) is 13.2. The number of nitrogens with zero attached hydrogens (tertiary/aromatic N) is 2. The molecule has 18 heavy (non-hydrogen) atoms. The highest BCUT2D eigenvalue weighted by Crippen LogP contribution is 2.24. The van der Waals surface area contributed by atoms with Crippen molar-refractivity contribution in [2.24, 2.45) is 0 Å². The first-order valence-corrected chi connectivity index (χ1v) is 6.65. The van der Waals surface area contributed by atoms with Gasteiger partial charge in [-0.25, -0.2) is 4.98 Å². The minimum atomic E-state index is -0.232. The lowest BCUT2D eigenvalue weighted by atomic mass is 10.2. The number of halogens is 1. The van der Waals surface area contributed by atoms with Crippen LogP contribution in [0.5, 0.6) is 0 Å². The highest BCUT2D eigenvalue weighted by Gasteiger charge is 2.18. The van der Waals surface area contributed by atoms with Crippen LogP contribution in [0.3, 0.4) is 0 Å². The molecule has 0 aliphatic rings. The molecule has 4 heteroatoms. The summed E-state index contributed by atoms with van der Waals surface area (Å²) in [6.07, 6.45) is 0.749. The number of hydrogen-bond acceptors (Lipinski definition) is 2. The maximum Gasteiger partial charge on any atom is 0.261 e. The van der Waals surface area contributed by atoms with Crippen molar-refractivity contribution in [2.45, 2.75) is 38.6 Å². The molecule has 0 radical (unpaired) electrons. The smallest absolute Gasteiger partial charge is 0.261 e. The van der Waals surface area contributed by atoms with Gasteiger partial charge in [-0.2, -0.15) is 0 Å². The van der Waals surface area contributed by atoms with Gasteiger partial charge in [-0.15, -0.1) is 11.6 Å². The van der Waals surface area contributed by atoms with Crippen LogP contribution in [0.25, 0.3) is 10.9 Å². The van der Waals surface area contributed by atoms with E-state index in [2.05, 4.69) is 4.98 Å². The van der Waals surface area contributed by atoms with Crippen LogP contribution < -0.4 is 5.56 Å². The van der Waals surface area contributed by atoms with Crippen molar-refractivity contribution in [1.29, 1.82) is 0 Å². The molecule has 0 saturated heterocycles. The number of aromatic nitrogens is 2. The Kier molecular flexibility index (Phi) is 3.71. The molecule has 1 aromatic carbocycles.